The molecule has 0 saturated carbocycles. The van der Waals surface area contributed by atoms with Crippen molar-refractivity contribution < 1.29 is 14.0 Å². The minimum Gasteiger partial charge on any atom is -0.462 e. The van der Waals surface area contributed by atoms with E-state index >= 15 is 0 Å². The average Bonchev–Trinajstić information content (AvgIpc) is 2.43. The van der Waals surface area contributed by atoms with Crippen LogP contribution in [0.4, 0.5) is 0 Å². The van der Waals surface area contributed by atoms with Crippen molar-refractivity contribution >= 4 is 59.5 Å². The number of ether oxygens (including phenoxy) is 1. The summed E-state index contributed by atoms with van der Waals surface area (Å²) < 4.78 is 13.8. The molecule has 27 heavy (non-hydrogen) atoms. The Morgan fingerprint density at radius 2 is 1.89 bits per heavy atom. The van der Waals surface area contributed by atoms with E-state index in [-0.39, 0.29) is 22.5 Å². The Balaban J connectivity index is 2.60. The lowest BCUT2D eigenvalue weighted by atomic mass is 9.74. The van der Waals surface area contributed by atoms with Crippen molar-refractivity contribution in [3.05, 3.63) is 24.1 Å². The number of carbonyl (C=O) groups is 1. The molecule has 0 saturated heterocycles. The largest absolute Gasteiger partial charge is 0.462 e. The standard InChI is InChI=1S/C20H31I2NO3Si/c1-9-25-18(24)15-16(21)14-12(23-17(15)22)10-20(5,6)11-13(14)26-27(7,8)19(2,3)4/h13H,9-11H2,1-8H3. The van der Waals surface area contributed by atoms with Crippen molar-refractivity contribution in [1.82, 2.24) is 4.98 Å². The van der Waals surface area contributed by atoms with Gasteiger partial charge in [0.2, 0.25) is 0 Å². The molecule has 1 atom stereocenters. The van der Waals surface area contributed by atoms with E-state index in [4.69, 9.17) is 14.1 Å². The van der Waals surface area contributed by atoms with E-state index in [9.17, 15) is 4.79 Å². The SMILES string of the molecule is CCOC(=O)c1c(I)nc2c(c1I)C(O[Si](C)(C)C(C)(C)C)CC(C)(C)C2. The third-order valence-electron chi connectivity index (χ3n) is 5.63. The fourth-order valence-corrected chi connectivity index (χ4v) is 6.89. The molecule has 0 fully saturated rings. The maximum absolute atomic E-state index is 12.5. The van der Waals surface area contributed by atoms with Crippen LogP contribution in [0.3, 0.4) is 0 Å². The van der Waals surface area contributed by atoms with Crippen molar-refractivity contribution in [2.24, 2.45) is 5.41 Å². The van der Waals surface area contributed by atoms with E-state index in [1.165, 1.54) is 0 Å². The molecule has 0 radical (unpaired) electrons. The summed E-state index contributed by atoms with van der Waals surface area (Å²) in [6.45, 7) is 18.1. The highest BCUT2D eigenvalue weighted by molar-refractivity contribution is 14.1. The minimum atomic E-state index is -1.97. The van der Waals surface area contributed by atoms with Gasteiger partial charge in [-0.3, -0.25) is 0 Å². The summed E-state index contributed by atoms with van der Waals surface area (Å²) in [4.78, 5) is 17.4. The van der Waals surface area contributed by atoms with Gasteiger partial charge in [0.05, 0.1) is 12.7 Å². The van der Waals surface area contributed by atoms with Gasteiger partial charge in [-0.1, -0.05) is 34.6 Å². The smallest absolute Gasteiger partial charge is 0.341 e. The lowest BCUT2D eigenvalue weighted by molar-refractivity contribution is 0.0521. The highest BCUT2D eigenvalue weighted by Crippen LogP contribution is 2.48. The molecule has 2 rings (SSSR count). The molecule has 1 aromatic rings. The van der Waals surface area contributed by atoms with Crippen molar-refractivity contribution in [3.63, 3.8) is 0 Å². The highest BCUT2D eigenvalue weighted by Gasteiger charge is 2.44. The van der Waals surface area contributed by atoms with Crippen molar-refractivity contribution in [1.29, 1.82) is 0 Å². The first-order valence-corrected chi connectivity index (χ1v) is 14.5. The van der Waals surface area contributed by atoms with Gasteiger partial charge in [-0.25, -0.2) is 9.78 Å². The lowest BCUT2D eigenvalue weighted by Gasteiger charge is -2.44. The summed E-state index contributed by atoms with van der Waals surface area (Å²) in [6.07, 6.45) is 1.80. The Morgan fingerprint density at radius 3 is 2.41 bits per heavy atom. The van der Waals surface area contributed by atoms with E-state index in [1.807, 2.05) is 6.92 Å². The molecule has 0 aliphatic heterocycles. The topological polar surface area (TPSA) is 48.4 Å². The molecular formula is C20H31I2NO3Si. The summed E-state index contributed by atoms with van der Waals surface area (Å²) in [5.74, 6) is -0.294. The zero-order chi connectivity index (χ0) is 20.8. The first kappa shape index (κ1) is 23.5. The summed E-state index contributed by atoms with van der Waals surface area (Å²) in [5, 5.41) is 0.126. The summed E-state index contributed by atoms with van der Waals surface area (Å²) in [5.41, 5.74) is 2.87. The number of aromatic nitrogens is 1. The fraction of sp³-hybridized carbons (Fsp3) is 0.700. The normalized spacial score (nSPS) is 19.6. The highest BCUT2D eigenvalue weighted by atomic mass is 127. The number of halogens is 2. The average molecular weight is 615 g/mol. The van der Waals surface area contributed by atoms with Gasteiger partial charge in [0.1, 0.15) is 9.26 Å². The molecular weight excluding hydrogens is 584 g/mol. The summed E-state index contributed by atoms with van der Waals surface area (Å²) >= 11 is 4.45. The zero-order valence-corrected chi connectivity index (χ0v) is 22.9. The Kier molecular flexibility index (Phi) is 7.13. The number of carbonyl (C=O) groups excluding carboxylic acids is 1. The molecule has 152 valence electrons. The van der Waals surface area contributed by atoms with E-state index in [0.29, 0.717) is 12.2 Å². The van der Waals surface area contributed by atoms with Crippen LogP contribution in [0.25, 0.3) is 0 Å². The van der Waals surface area contributed by atoms with Crippen molar-refractivity contribution in [3.8, 4) is 0 Å². The molecule has 1 aliphatic carbocycles. The van der Waals surface area contributed by atoms with Crippen LogP contribution in [0.5, 0.6) is 0 Å². The summed E-state index contributed by atoms with van der Waals surface area (Å²) in [6, 6.07) is 0. The second-order valence-corrected chi connectivity index (χ2v) is 16.4. The Hall–Kier alpha value is 0.257. The number of fused-ring (bicyclic) bond motifs is 1. The van der Waals surface area contributed by atoms with Crippen LogP contribution < -0.4 is 0 Å². The molecule has 1 aromatic heterocycles. The van der Waals surface area contributed by atoms with E-state index in [2.05, 4.69) is 92.9 Å². The van der Waals surface area contributed by atoms with Gasteiger partial charge in [-0.15, -0.1) is 0 Å². The van der Waals surface area contributed by atoms with Crippen LogP contribution in [0.15, 0.2) is 0 Å². The molecule has 7 heteroatoms. The molecule has 4 nitrogen and oxygen atoms in total. The zero-order valence-electron chi connectivity index (χ0n) is 17.6. The Bertz CT molecular complexity index is 742. The van der Waals surface area contributed by atoms with Crippen LogP contribution in [0.2, 0.25) is 18.1 Å². The second-order valence-electron chi connectivity index (χ2n) is 9.58. The molecule has 0 bridgehead atoms. The lowest BCUT2D eigenvalue weighted by Crippen LogP contribution is -2.44. The third-order valence-corrected chi connectivity index (χ3v) is 12.0. The number of hydrogen-bond acceptors (Lipinski definition) is 4. The Morgan fingerprint density at radius 1 is 1.30 bits per heavy atom. The van der Waals surface area contributed by atoms with Crippen molar-refractivity contribution in [2.75, 3.05) is 6.61 Å². The predicted molar refractivity (Wildman–Crippen MR) is 129 cm³/mol. The molecule has 1 heterocycles. The molecule has 0 N–H and O–H groups in total. The minimum absolute atomic E-state index is 0.0331. The van der Waals surface area contributed by atoms with E-state index in [0.717, 1.165) is 31.4 Å². The van der Waals surface area contributed by atoms with Crippen LogP contribution >= 0.6 is 45.2 Å². The van der Waals surface area contributed by atoms with E-state index < -0.39 is 8.32 Å². The van der Waals surface area contributed by atoms with Gasteiger partial charge in [0.25, 0.3) is 0 Å². The van der Waals surface area contributed by atoms with Crippen LogP contribution in [-0.4, -0.2) is 25.9 Å². The molecule has 1 unspecified atom stereocenters. The van der Waals surface area contributed by atoms with Crippen molar-refractivity contribution in [2.45, 2.75) is 78.6 Å². The maximum atomic E-state index is 12.5. The molecule has 0 aromatic carbocycles. The number of pyridine rings is 1. The molecule has 0 amide bonds. The third kappa shape index (κ3) is 5.06. The first-order chi connectivity index (χ1) is 12.2. The predicted octanol–water partition coefficient (Wildman–Crippen LogP) is 6.50. The van der Waals surface area contributed by atoms with Gasteiger partial charge < -0.3 is 9.16 Å². The number of hydrogen-bond donors (Lipinski definition) is 0. The van der Waals surface area contributed by atoms with Crippen LogP contribution in [-0.2, 0) is 15.6 Å². The second kappa shape index (κ2) is 8.18. The first-order valence-electron chi connectivity index (χ1n) is 9.43. The van der Waals surface area contributed by atoms with Gasteiger partial charge in [0.15, 0.2) is 8.32 Å². The monoisotopic (exact) mass is 615 g/mol. The summed E-state index contributed by atoms with van der Waals surface area (Å²) in [7, 11) is -1.97. The molecule has 1 aliphatic rings. The van der Waals surface area contributed by atoms with Gasteiger partial charge in [-0.2, -0.15) is 0 Å². The quantitative estimate of drug-likeness (QED) is 0.168. The van der Waals surface area contributed by atoms with Crippen LogP contribution in [0.1, 0.15) is 75.7 Å². The van der Waals surface area contributed by atoms with E-state index in [1.54, 1.807) is 0 Å². The number of rotatable bonds is 4. The Labute approximate surface area is 192 Å². The molecule has 0 spiro atoms. The van der Waals surface area contributed by atoms with Gasteiger partial charge >= 0.3 is 5.97 Å². The van der Waals surface area contributed by atoms with Gasteiger partial charge in [0, 0.05) is 14.8 Å². The van der Waals surface area contributed by atoms with Gasteiger partial charge in [-0.05, 0) is 88.5 Å². The number of nitrogens with zero attached hydrogens (tertiary/aromatic N) is 1. The fourth-order valence-electron chi connectivity index (χ4n) is 3.19. The van der Waals surface area contributed by atoms with Crippen LogP contribution in [0, 0.1) is 12.7 Å². The number of esters is 1. The maximum Gasteiger partial charge on any atom is 0.341 e.